The molecule has 2 fully saturated rings. The van der Waals surface area contributed by atoms with Crippen LogP contribution in [0, 0.1) is 5.82 Å². The molecule has 1 atom stereocenters. The minimum absolute atomic E-state index is 0.141. The van der Waals surface area contributed by atoms with Gasteiger partial charge in [-0.25, -0.2) is 4.39 Å². The highest BCUT2D eigenvalue weighted by atomic mass is 32.1. The summed E-state index contributed by atoms with van der Waals surface area (Å²) in [5.41, 5.74) is 0.141. The van der Waals surface area contributed by atoms with Crippen LogP contribution in [0.2, 0.25) is 0 Å². The Kier molecular flexibility index (Phi) is 4.50. The van der Waals surface area contributed by atoms with Gasteiger partial charge in [0.2, 0.25) is 0 Å². The third kappa shape index (κ3) is 3.24. The van der Waals surface area contributed by atoms with Gasteiger partial charge in [-0.15, -0.1) is 12.6 Å². The predicted molar refractivity (Wildman–Crippen MR) is 83.4 cm³/mol. The van der Waals surface area contributed by atoms with Gasteiger partial charge in [0.15, 0.2) is 0 Å². The van der Waals surface area contributed by atoms with E-state index in [1.807, 2.05) is 0 Å². The number of amides is 1. The van der Waals surface area contributed by atoms with Crippen LogP contribution in [-0.4, -0.2) is 47.9 Å². The summed E-state index contributed by atoms with van der Waals surface area (Å²) in [5, 5.41) is 0. The van der Waals surface area contributed by atoms with Gasteiger partial charge >= 0.3 is 0 Å². The van der Waals surface area contributed by atoms with Gasteiger partial charge in [-0.2, -0.15) is 0 Å². The van der Waals surface area contributed by atoms with Crippen molar-refractivity contribution >= 4 is 18.5 Å². The van der Waals surface area contributed by atoms with Crippen LogP contribution in [0.3, 0.4) is 0 Å². The standard InChI is InChI=1S/C16H21FN2OS/c17-15-5-4-13(21)10-14(15)16(20)19-9-6-12(11-19)18-7-2-1-3-8-18/h4-5,10,12,21H,1-3,6-9,11H2. The van der Waals surface area contributed by atoms with Crippen molar-refractivity contribution in [2.45, 2.75) is 36.6 Å². The van der Waals surface area contributed by atoms with Crippen molar-refractivity contribution < 1.29 is 9.18 Å². The largest absolute Gasteiger partial charge is 0.337 e. The third-order valence-electron chi connectivity index (χ3n) is 4.54. The second-order valence-corrected chi connectivity index (χ2v) is 6.47. The summed E-state index contributed by atoms with van der Waals surface area (Å²) >= 11 is 4.19. The van der Waals surface area contributed by atoms with Crippen LogP contribution in [0.1, 0.15) is 36.0 Å². The van der Waals surface area contributed by atoms with E-state index in [0.717, 1.165) is 32.6 Å². The number of hydrogen-bond donors (Lipinski definition) is 1. The quantitative estimate of drug-likeness (QED) is 0.849. The number of nitrogens with zero attached hydrogens (tertiary/aromatic N) is 2. The van der Waals surface area contributed by atoms with E-state index in [1.165, 1.54) is 31.4 Å². The fraction of sp³-hybridized carbons (Fsp3) is 0.562. The van der Waals surface area contributed by atoms with Gasteiger partial charge in [-0.1, -0.05) is 6.42 Å². The zero-order chi connectivity index (χ0) is 14.8. The van der Waals surface area contributed by atoms with Crippen LogP contribution in [0.25, 0.3) is 0 Å². The first-order valence-corrected chi connectivity index (χ1v) is 8.12. The van der Waals surface area contributed by atoms with Gasteiger partial charge in [0.05, 0.1) is 5.56 Å². The fourth-order valence-electron chi connectivity index (χ4n) is 3.36. The van der Waals surface area contributed by atoms with E-state index in [-0.39, 0.29) is 11.5 Å². The van der Waals surface area contributed by atoms with E-state index in [1.54, 1.807) is 11.0 Å². The van der Waals surface area contributed by atoms with Crippen molar-refractivity contribution in [2.24, 2.45) is 0 Å². The molecular weight excluding hydrogens is 287 g/mol. The van der Waals surface area contributed by atoms with Crippen LogP contribution >= 0.6 is 12.6 Å². The van der Waals surface area contributed by atoms with Crippen LogP contribution < -0.4 is 0 Å². The van der Waals surface area contributed by atoms with Crippen molar-refractivity contribution in [1.29, 1.82) is 0 Å². The number of likely N-dealkylation sites (tertiary alicyclic amines) is 2. The van der Waals surface area contributed by atoms with Gasteiger partial charge in [0.25, 0.3) is 5.91 Å². The number of rotatable bonds is 2. The summed E-state index contributed by atoms with van der Waals surface area (Å²) in [7, 11) is 0. The zero-order valence-electron chi connectivity index (χ0n) is 12.1. The molecule has 0 spiro atoms. The van der Waals surface area contributed by atoms with E-state index in [9.17, 15) is 9.18 Å². The Labute approximate surface area is 130 Å². The first kappa shape index (κ1) is 14.9. The average Bonchev–Trinajstić information content (AvgIpc) is 3.00. The Morgan fingerprint density at radius 2 is 1.95 bits per heavy atom. The number of thiol groups is 1. The lowest BCUT2D eigenvalue weighted by atomic mass is 10.1. The molecule has 0 saturated carbocycles. The molecule has 0 N–H and O–H groups in total. The normalized spacial score (nSPS) is 23.5. The number of benzene rings is 1. The van der Waals surface area contributed by atoms with Crippen LogP contribution in [0.4, 0.5) is 4.39 Å². The van der Waals surface area contributed by atoms with Crippen LogP contribution in [0.15, 0.2) is 23.1 Å². The van der Waals surface area contributed by atoms with Crippen molar-refractivity contribution in [2.75, 3.05) is 26.2 Å². The summed E-state index contributed by atoms with van der Waals surface area (Å²) in [5.74, 6) is -0.665. The Balaban J connectivity index is 1.67. The molecule has 0 aromatic heterocycles. The lowest BCUT2D eigenvalue weighted by Gasteiger charge is -2.32. The van der Waals surface area contributed by atoms with E-state index < -0.39 is 5.82 Å². The first-order valence-electron chi connectivity index (χ1n) is 7.67. The van der Waals surface area contributed by atoms with Crippen LogP contribution in [0.5, 0.6) is 0 Å². The highest BCUT2D eigenvalue weighted by Crippen LogP contribution is 2.23. The summed E-state index contributed by atoms with van der Waals surface area (Å²) in [4.78, 5) is 17.4. The highest BCUT2D eigenvalue weighted by Gasteiger charge is 2.32. The fourth-order valence-corrected chi connectivity index (χ4v) is 3.56. The number of carbonyl (C=O) groups excluding carboxylic acids is 1. The Bertz CT molecular complexity index is 531. The molecular formula is C16H21FN2OS. The molecule has 1 amide bonds. The minimum Gasteiger partial charge on any atom is -0.337 e. The predicted octanol–water partition coefficient (Wildman–Crippen LogP) is 2.81. The molecule has 5 heteroatoms. The Morgan fingerprint density at radius 3 is 2.71 bits per heavy atom. The molecule has 3 rings (SSSR count). The maximum Gasteiger partial charge on any atom is 0.256 e. The molecule has 114 valence electrons. The van der Waals surface area contributed by atoms with Crippen molar-refractivity contribution in [3.05, 3.63) is 29.6 Å². The second kappa shape index (κ2) is 6.36. The smallest absolute Gasteiger partial charge is 0.256 e. The Hall–Kier alpha value is -1.07. The number of halogens is 1. The molecule has 1 aromatic carbocycles. The summed E-state index contributed by atoms with van der Waals surface area (Å²) < 4.78 is 13.8. The number of piperidine rings is 1. The highest BCUT2D eigenvalue weighted by molar-refractivity contribution is 7.80. The maximum atomic E-state index is 13.8. The molecule has 2 aliphatic rings. The maximum absolute atomic E-state index is 13.8. The lowest BCUT2D eigenvalue weighted by molar-refractivity contribution is 0.0766. The number of carbonyl (C=O) groups is 1. The summed E-state index contributed by atoms with van der Waals surface area (Å²) in [6, 6.07) is 4.84. The van der Waals surface area contributed by atoms with Crippen molar-refractivity contribution in [3.8, 4) is 0 Å². The minimum atomic E-state index is -0.459. The topological polar surface area (TPSA) is 23.6 Å². The molecule has 1 aromatic rings. The van der Waals surface area contributed by atoms with Crippen molar-refractivity contribution in [1.82, 2.24) is 9.80 Å². The van der Waals surface area contributed by atoms with Gasteiger partial charge in [-0.3, -0.25) is 9.69 Å². The van der Waals surface area contributed by atoms with Gasteiger partial charge in [0, 0.05) is 24.0 Å². The average molecular weight is 308 g/mol. The van der Waals surface area contributed by atoms with Gasteiger partial charge in [0.1, 0.15) is 5.82 Å². The molecule has 3 nitrogen and oxygen atoms in total. The van der Waals surface area contributed by atoms with Crippen LogP contribution in [-0.2, 0) is 0 Å². The lowest BCUT2D eigenvalue weighted by Crippen LogP contribution is -2.41. The second-order valence-electron chi connectivity index (χ2n) is 5.95. The SMILES string of the molecule is O=C(c1cc(S)ccc1F)N1CCC(N2CCCCC2)C1. The van der Waals surface area contributed by atoms with E-state index in [0.29, 0.717) is 10.9 Å². The number of hydrogen-bond acceptors (Lipinski definition) is 3. The Morgan fingerprint density at radius 1 is 1.19 bits per heavy atom. The van der Waals surface area contributed by atoms with Gasteiger partial charge in [-0.05, 0) is 50.6 Å². The molecule has 0 aliphatic carbocycles. The summed E-state index contributed by atoms with van der Waals surface area (Å²) in [6.07, 6.45) is 4.81. The molecule has 1 unspecified atom stereocenters. The van der Waals surface area contributed by atoms with E-state index >= 15 is 0 Å². The summed E-state index contributed by atoms with van der Waals surface area (Å²) in [6.45, 7) is 3.70. The monoisotopic (exact) mass is 308 g/mol. The third-order valence-corrected chi connectivity index (χ3v) is 4.82. The van der Waals surface area contributed by atoms with Crippen molar-refractivity contribution in [3.63, 3.8) is 0 Å². The van der Waals surface area contributed by atoms with E-state index in [4.69, 9.17) is 0 Å². The molecule has 2 heterocycles. The molecule has 2 aliphatic heterocycles. The first-order chi connectivity index (χ1) is 10.1. The molecule has 2 saturated heterocycles. The zero-order valence-corrected chi connectivity index (χ0v) is 13.0. The molecule has 0 bridgehead atoms. The van der Waals surface area contributed by atoms with E-state index in [2.05, 4.69) is 17.5 Å². The molecule has 0 radical (unpaired) electrons. The molecule has 21 heavy (non-hydrogen) atoms. The van der Waals surface area contributed by atoms with Gasteiger partial charge < -0.3 is 4.90 Å².